The van der Waals surface area contributed by atoms with Crippen LogP contribution in [0.15, 0.2) is 54.9 Å². The molecular weight excluding hydrogens is 419 g/mol. The summed E-state index contributed by atoms with van der Waals surface area (Å²) in [6.07, 6.45) is 3.60. The predicted octanol–water partition coefficient (Wildman–Crippen LogP) is 1.16. The van der Waals surface area contributed by atoms with Crippen molar-refractivity contribution < 1.29 is 14.8 Å². The molecule has 1 aromatic carbocycles. The molecule has 1 amide bonds. The number of primary amides is 1. The van der Waals surface area contributed by atoms with E-state index in [2.05, 4.69) is 10.3 Å². The van der Waals surface area contributed by atoms with E-state index in [0.29, 0.717) is 29.3 Å². The summed E-state index contributed by atoms with van der Waals surface area (Å²) < 4.78 is 1.76. The molecular formula is C23H25BN6O3. The molecule has 0 unspecified atom stereocenters. The molecule has 0 atom stereocenters. The second-order valence-electron chi connectivity index (χ2n) is 8.01. The fraction of sp³-hybridized carbons (Fsp3) is 0.174. The molecule has 0 saturated heterocycles. The van der Waals surface area contributed by atoms with Crippen molar-refractivity contribution in [3.8, 4) is 11.4 Å². The summed E-state index contributed by atoms with van der Waals surface area (Å²) in [6, 6.07) is 12.4. The number of anilines is 2. The van der Waals surface area contributed by atoms with Gasteiger partial charge in [-0.15, -0.1) is 0 Å². The highest BCUT2D eigenvalue weighted by Gasteiger charge is 2.18. The fourth-order valence-corrected chi connectivity index (χ4v) is 3.82. The number of pyridine rings is 1. The largest absolute Gasteiger partial charge is 0.488 e. The average molecular weight is 444 g/mol. The molecule has 4 rings (SSSR count). The van der Waals surface area contributed by atoms with Crippen LogP contribution in [0.2, 0.25) is 0 Å². The molecule has 0 saturated carbocycles. The topological polar surface area (TPSA) is 129 Å². The third kappa shape index (κ3) is 4.39. The molecule has 0 fully saturated rings. The number of amides is 1. The van der Waals surface area contributed by atoms with Crippen LogP contribution >= 0.6 is 0 Å². The number of nitrogens with one attached hydrogen (secondary N) is 1. The summed E-state index contributed by atoms with van der Waals surface area (Å²) >= 11 is 0. The van der Waals surface area contributed by atoms with Gasteiger partial charge in [0.1, 0.15) is 5.69 Å². The van der Waals surface area contributed by atoms with Gasteiger partial charge >= 0.3 is 7.12 Å². The predicted molar refractivity (Wildman–Crippen MR) is 130 cm³/mol. The van der Waals surface area contributed by atoms with Crippen LogP contribution in [0.4, 0.5) is 11.5 Å². The Balaban J connectivity index is 1.74. The Morgan fingerprint density at radius 3 is 2.67 bits per heavy atom. The van der Waals surface area contributed by atoms with E-state index >= 15 is 0 Å². The zero-order valence-corrected chi connectivity index (χ0v) is 18.6. The van der Waals surface area contributed by atoms with Gasteiger partial charge in [-0.3, -0.25) is 4.79 Å². The smallest absolute Gasteiger partial charge is 0.423 e. The third-order valence-electron chi connectivity index (χ3n) is 5.44. The van der Waals surface area contributed by atoms with Crippen LogP contribution in [-0.2, 0) is 6.54 Å². The lowest BCUT2D eigenvalue weighted by Gasteiger charge is -2.18. The molecule has 0 radical (unpaired) electrons. The minimum absolute atomic E-state index is 0.385. The Morgan fingerprint density at radius 1 is 1.21 bits per heavy atom. The molecule has 0 aliphatic heterocycles. The van der Waals surface area contributed by atoms with Crippen molar-refractivity contribution in [3.05, 3.63) is 71.7 Å². The first-order valence-corrected chi connectivity index (χ1v) is 10.4. The van der Waals surface area contributed by atoms with Gasteiger partial charge in [0.2, 0.25) is 0 Å². The second-order valence-corrected chi connectivity index (χ2v) is 8.01. The van der Waals surface area contributed by atoms with Crippen molar-refractivity contribution in [2.45, 2.75) is 13.5 Å². The number of rotatable bonds is 7. The summed E-state index contributed by atoms with van der Waals surface area (Å²) in [6.45, 7) is 2.37. The van der Waals surface area contributed by atoms with Gasteiger partial charge in [0.05, 0.1) is 17.4 Å². The SMILES string of the molecule is Cc1cn2c(C(N)=O)cccc2c1-c1ncc(N(C)C)c(NCc2cccc(B(O)O)c2)n1. The number of nitrogens with two attached hydrogens (primary N) is 1. The number of carbonyl (C=O) groups excluding carboxylic acids is 1. The number of fused-ring (bicyclic) bond motifs is 1. The molecule has 0 spiro atoms. The quantitative estimate of drug-likeness (QED) is 0.315. The molecule has 3 aromatic heterocycles. The number of nitrogens with zero attached hydrogens (tertiary/aromatic N) is 4. The zero-order chi connectivity index (χ0) is 23.7. The van der Waals surface area contributed by atoms with E-state index < -0.39 is 13.0 Å². The summed E-state index contributed by atoms with van der Waals surface area (Å²) in [7, 11) is 2.29. The molecule has 168 valence electrons. The van der Waals surface area contributed by atoms with E-state index in [1.54, 1.807) is 40.9 Å². The van der Waals surface area contributed by atoms with E-state index in [4.69, 9.17) is 10.7 Å². The Kier molecular flexibility index (Phi) is 6.04. The van der Waals surface area contributed by atoms with Crippen LogP contribution < -0.4 is 21.4 Å². The van der Waals surface area contributed by atoms with E-state index in [0.717, 1.165) is 27.9 Å². The van der Waals surface area contributed by atoms with Crippen molar-refractivity contribution in [2.75, 3.05) is 24.3 Å². The Labute approximate surface area is 191 Å². The van der Waals surface area contributed by atoms with Gasteiger partial charge in [-0.1, -0.05) is 30.3 Å². The Morgan fingerprint density at radius 2 is 1.97 bits per heavy atom. The highest BCUT2D eigenvalue weighted by molar-refractivity contribution is 6.58. The van der Waals surface area contributed by atoms with Gasteiger partial charge in [0.25, 0.3) is 5.91 Å². The summed E-state index contributed by atoms with van der Waals surface area (Å²) in [5.74, 6) is 0.637. The van der Waals surface area contributed by atoms with E-state index in [9.17, 15) is 14.8 Å². The lowest BCUT2D eigenvalue weighted by Crippen LogP contribution is -2.30. The zero-order valence-electron chi connectivity index (χ0n) is 18.6. The van der Waals surface area contributed by atoms with Crippen LogP contribution in [0.3, 0.4) is 0 Å². The molecule has 4 aromatic rings. The van der Waals surface area contributed by atoms with Crippen LogP contribution in [0.25, 0.3) is 16.9 Å². The van der Waals surface area contributed by atoms with Gasteiger partial charge in [-0.2, -0.15) is 0 Å². The van der Waals surface area contributed by atoms with Gasteiger partial charge in [0, 0.05) is 32.4 Å². The maximum atomic E-state index is 11.9. The Hall–Kier alpha value is -3.89. The highest BCUT2D eigenvalue weighted by Crippen LogP contribution is 2.31. The fourth-order valence-electron chi connectivity index (χ4n) is 3.82. The highest BCUT2D eigenvalue weighted by atomic mass is 16.4. The van der Waals surface area contributed by atoms with E-state index in [1.165, 1.54) is 0 Å². The number of carbonyl (C=O) groups is 1. The van der Waals surface area contributed by atoms with Crippen molar-refractivity contribution in [2.24, 2.45) is 5.73 Å². The minimum atomic E-state index is -1.52. The van der Waals surface area contributed by atoms with Crippen LogP contribution in [0.5, 0.6) is 0 Å². The summed E-state index contributed by atoms with van der Waals surface area (Å²) in [5, 5.41) is 22.2. The number of aromatic nitrogens is 3. The van der Waals surface area contributed by atoms with Gasteiger partial charge in [0.15, 0.2) is 11.6 Å². The maximum absolute atomic E-state index is 11.9. The lowest BCUT2D eigenvalue weighted by atomic mass is 9.80. The third-order valence-corrected chi connectivity index (χ3v) is 5.44. The van der Waals surface area contributed by atoms with Crippen LogP contribution in [-0.4, -0.2) is 51.5 Å². The van der Waals surface area contributed by atoms with Crippen LogP contribution in [0, 0.1) is 6.92 Å². The van der Waals surface area contributed by atoms with E-state index in [1.807, 2.05) is 44.2 Å². The van der Waals surface area contributed by atoms with Gasteiger partial charge < -0.3 is 30.4 Å². The molecule has 0 aliphatic rings. The second kappa shape index (κ2) is 8.93. The number of aryl methyl sites for hydroxylation is 1. The molecule has 0 aliphatic carbocycles. The number of hydrogen-bond acceptors (Lipinski definition) is 7. The lowest BCUT2D eigenvalue weighted by molar-refractivity contribution is 0.0994. The van der Waals surface area contributed by atoms with Crippen molar-refractivity contribution >= 4 is 35.5 Å². The molecule has 33 heavy (non-hydrogen) atoms. The van der Waals surface area contributed by atoms with Gasteiger partial charge in [-0.25, -0.2) is 9.97 Å². The molecule has 10 heteroatoms. The number of benzene rings is 1. The van der Waals surface area contributed by atoms with Gasteiger partial charge in [-0.05, 0) is 35.6 Å². The molecule has 9 nitrogen and oxygen atoms in total. The minimum Gasteiger partial charge on any atom is -0.423 e. The first kappa shape index (κ1) is 22.3. The molecule has 0 bridgehead atoms. The summed E-state index contributed by atoms with van der Waals surface area (Å²) in [5.41, 5.74) is 10.5. The van der Waals surface area contributed by atoms with Crippen molar-refractivity contribution in [3.63, 3.8) is 0 Å². The average Bonchev–Trinajstić information content (AvgIpc) is 3.13. The number of hydrogen-bond donors (Lipinski definition) is 4. The van der Waals surface area contributed by atoms with Crippen molar-refractivity contribution in [1.82, 2.24) is 14.4 Å². The van der Waals surface area contributed by atoms with Crippen LogP contribution in [0.1, 0.15) is 21.6 Å². The first-order chi connectivity index (χ1) is 15.8. The van der Waals surface area contributed by atoms with E-state index in [-0.39, 0.29) is 0 Å². The Bertz CT molecular complexity index is 1340. The monoisotopic (exact) mass is 444 g/mol. The first-order valence-electron chi connectivity index (χ1n) is 10.4. The van der Waals surface area contributed by atoms with Crippen molar-refractivity contribution in [1.29, 1.82) is 0 Å². The summed E-state index contributed by atoms with van der Waals surface area (Å²) in [4.78, 5) is 23.2. The normalized spacial score (nSPS) is 10.9. The maximum Gasteiger partial charge on any atom is 0.488 e. The standard InChI is InChI=1S/C23H25BN6O3/c1-14-13-30-17(8-5-9-18(30)21(25)31)20(14)23-27-12-19(29(2)3)22(28-23)26-11-15-6-4-7-16(10-15)24(32)33/h4-10,12-13,32-33H,11H2,1-3H3,(H2,25,31)(H,26,27,28). The molecule has 5 N–H and O–H groups in total. The molecule has 3 heterocycles.